The SMILES string of the molecule is CCCC(NCC(CC)(CC)CO)c1ccccc1. The van der Waals surface area contributed by atoms with Gasteiger partial charge in [0.1, 0.15) is 0 Å². The number of rotatable bonds is 9. The highest BCUT2D eigenvalue weighted by Crippen LogP contribution is 2.27. The third-order valence-electron chi connectivity index (χ3n) is 4.34. The Morgan fingerprint density at radius 2 is 1.74 bits per heavy atom. The Bertz CT molecular complexity index is 324. The van der Waals surface area contributed by atoms with Crippen LogP contribution in [0.1, 0.15) is 58.1 Å². The van der Waals surface area contributed by atoms with E-state index in [1.165, 1.54) is 5.56 Å². The van der Waals surface area contributed by atoms with Crippen LogP contribution in [0.2, 0.25) is 0 Å². The van der Waals surface area contributed by atoms with E-state index in [0.29, 0.717) is 6.04 Å². The van der Waals surface area contributed by atoms with Crippen LogP contribution < -0.4 is 5.32 Å². The van der Waals surface area contributed by atoms with Crippen molar-refractivity contribution in [3.05, 3.63) is 35.9 Å². The third-order valence-corrected chi connectivity index (χ3v) is 4.34. The van der Waals surface area contributed by atoms with Crippen LogP contribution in [0.25, 0.3) is 0 Å². The number of aliphatic hydroxyl groups is 1. The topological polar surface area (TPSA) is 32.3 Å². The van der Waals surface area contributed by atoms with E-state index in [9.17, 15) is 5.11 Å². The number of aliphatic hydroxyl groups excluding tert-OH is 1. The van der Waals surface area contributed by atoms with Gasteiger partial charge in [-0.3, -0.25) is 0 Å². The van der Waals surface area contributed by atoms with Gasteiger partial charge in [0.15, 0.2) is 0 Å². The second kappa shape index (κ2) is 8.34. The average molecular weight is 263 g/mol. The number of benzene rings is 1. The molecule has 0 amide bonds. The Labute approximate surface area is 118 Å². The van der Waals surface area contributed by atoms with Gasteiger partial charge in [0.2, 0.25) is 0 Å². The maximum atomic E-state index is 9.65. The minimum absolute atomic E-state index is 0.0285. The van der Waals surface area contributed by atoms with Crippen LogP contribution in [0.5, 0.6) is 0 Å². The molecule has 0 saturated carbocycles. The molecule has 1 aromatic rings. The minimum Gasteiger partial charge on any atom is -0.396 e. The van der Waals surface area contributed by atoms with E-state index < -0.39 is 0 Å². The van der Waals surface area contributed by atoms with Crippen LogP contribution in [0, 0.1) is 5.41 Å². The van der Waals surface area contributed by atoms with Crippen LogP contribution in [0.4, 0.5) is 0 Å². The fraction of sp³-hybridized carbons (Fsp3) is 0.647. The molecule has 0 fully saturated rings. The summed E-state index contributed by atoms with van der Waals surface area (Å²) >= 11 is 0. The van der Waals surface area contributed by atoms with E-state index in [0.717, 1.165) is 32.2 Å². The summed E-state index contributed by atoms with van der Waals surface area (Å²) in [4.78, 5) is 0. The van der Waals surface area contributed by atoms with Crippen molar-refractivity contribution in [2.45, 2.75) is 52.5 Å². The van der Waals surface area contributed by atoms with Crippen molar-refractivity contribution >= 4 is 0 Å². The van der Waals surface area contributed by atoms with E-state index in [-0.39, 0.29) is 12.0 Å². The molecule has 0 bridgehead atoms. The van der Waals surface area contributed by atoms with Crippen LogP contribution in [-0.2, 0) is 0 Å². The van der Waals surface area contributed by atoms with Gasteiger partial charge in [-0.2, -0.15) is 0 Å². The standard InChI is InChI=1S/C17H29NO/c1-4-10-16(15-11-8-7-9-12-15)18-13-17(5-2,6-3)14-19/h7-9,11-12,16,18-19H,4-6,10,13-14H2,1-3H3. The summed E-state index contributed by atoms with van der Waals surface area (Å²) in [6.07, 6.45) is 4.33. The van der Waals surface area contributed by atoms with Crippen molar-refractivity contribution < 1.29 is 5.11 Å². The van der Waals surface area contributed by atoms with Gasteiger partial charge in [-0.1, -0.05) is 57.5 Å². The van der Waals surface area contributed by atoms with Crippen molar-refractivity contribution in [2.75, 3.05) is 13.2 Å². The predicted molar refractivity (Wildman–Crippen MR) is 82.2 cm³/mol. The Morgan fingerprint density at radius 1 is 1.11 bits per heavy atom. The lowest BCUT2D eigenvalue weighted by atomic mass is 9.82. The van der Waals surface area contributed by atoms with Crippen molar-refractivity contribution in [2.24, 2.45) is 5.41 Å². The molecule has 1 rings (SSSR count). The highest BCUT2D eigenvalue weighted by molar-refractivity contribution is 5.18. The van der Waals surface area contributed by atoms with Crippen molar-refractivity contribution in [3.8, 4) is 0 Å². The van der Waals surface area contributed by atoms with Gasteiger partial charge in [0.05, 0.1) is 0 Å². The van der Waals surface area contributed by atoms with Gasteiger partial charge >= 0.3 is 0 Å². The molecule has 108 valence electrons. The molecule has 0 saturated heterocycles. The maximum Gasteiger partial charge on any atom is 0.0499 e. The lowest BCUT2D eigenvalue weighted by Gasteiger charge is -2.32. The molecule has 2 nitrogen and oxygen atoms in total. The lowest BCUT2D eigenvalue weighted by molar-refractivity contribution is 0.109. The van der Waals surface area contributed by atoms with E-state index in [1.807, 2.05) is 0 Å². The summed E-state index contributed by atoms with van der Waals surface area (Å²) in [5, 5.41) is 13.3. The van der Waals surface area contributed by atoms with Gasteiger partial charge in [-0.15, -0.1) is 0 Å². The largest absolute Gasteiger partial charge is 0.396 e. The zero-order valence-corrected chi connectivity index (χ0v) is 12.7. The van der Waals surface area contributed by atoms with Gasteiger partial charge < -0.3 is 10.4 Å². The average Bonchev–Trinajstić information content (AvgIpc) is 2.49. The second-order valence-electron chi connectivity index (χ2n) is 5.50. The van der Waals surface area contributed by atoms with E-state index >= 15 is 0 Å². The zero-order valence-electron chi connectivity index (χ0n) is 12.7. The molecule has 0 aromatic heterocycles. The summed E-state index contributed by atoms with van der Waals surface area (Å²) in [7, 11) is 0. The smallest absolute Gasteiger partial charge is 0.0499 e. The number of hydrogen-bond donors (Lipinski definition) is 2. The van der Waals surface area contributed by atoms with Crippen LogP contribution in [0.3, 0.4) is 0 Å². The minimum atomic E-state index is 0.0285. The Morgan fingerprint density at radius 3 is 2.21 bits per heavy atom. The molecule has 0 spiro atoms. The Balaban J connectivity index is 2.69. The predicted octanol–water partition coefficient (Wildman–Crippen LogP) is 3.92. The maximum absolute atomic E-state index is 9.65. The molecule has 1 unspecified atom stereocenters. The molecule has 1 aromatic carbocycles. The molecular formula is C17H29NO. The van der Waals surface area contributed by atoms with Gasteiger partial charge in [0, 0.05) is 24.6 Å². The molecule has 2 N–H and O–H groups in total. The first-order chi connectivity index (χ1) is 9.21. The molecule has 0 heterocycles. The first kappa shape index (κ1) is 16.2. The molecule has 2 heteroatoms. The summed E-state index contributed by atoms with van der Waals surface area (Å²) < 4.78 is 0. The van der Waals surface area contributed by atoms with Crippen LogP contribution in [-0.4, -0.2) is 18.3 Å². The Kier molecular flexibility index (Phi) is 7.11. The molecule has 19 heavy (non-hydrogen) atoms. The van der Waals surface area contributed by atoms with Crippen LogP contribution >= 0.6 is 0 Å². The second-order valence-corrected chi connectivity index (χ2v) is 5.50. The quantitative estimate of drug-likeness (QED) is 0.708. The van der Waals surface area contributed by atoms with Crippen LogP contribution in [0.15, 0.2) is 30.3 Å². The Hall–Kier alpha value is -0.860. The highest BCUT2D eigenvalue weighted by atomic mass is 16.3. The van der Waals surface area contributed by atoms with Crippen molar-refractivity contribution in [3.63, 3.8) is 0 Å². The summed E-state index contributed by atoms with van der Waals surface area (Å²) in [5.74, 6) is 0. The molecule has 1 atom stereocenters. The number of hydrogen-bond acceptors (Lipinski definition) is 2. The first-order valence-electron chi connectivity index (χ1n) is 7.60. The zero-order chi connectivity index (χ0) is 14.1. The summed E-state index contributed by atoms with van der Waals surface area (Å²) in [5.41, 5.74) is 1.38. The monoisotopic (exact) mass is 263 g/mol. The normalized spacial score (nSPS) is 13.5. The lowest BCUT2D eigenvalue weighted by Crippen LogP contribution is -2.38. The summed E-state index contributed by atoms with van der Waals surface area (Å²) in [6, 6.07) is 11.0. The summed E-state index contributed by atoms with van der Waals surface area (Å²) in [6.45, 7) is 7.70. The molecule has 0 radical (unpaired) electrons. The highest BCUT2D eigenvalue weighted by Gasteiger charge is 2.26. The van der Waals surface area contributed by atoms with Gasteiger partial charge in [0.25, 0.3) is 0 Å². The first-order valence-corrected chi connectivity index (χ1v) is 7.60. The fourth-order valence-electron chi connectivity index (χ4n) is 2.48. The molecular weight excluding hydrogens is 234 g/mol. The van der Waals surface area contributed by atoms with Crippen molar-refractivity contribution in [1.29, 1.82) is 0 Å². The number of nitrogens with one attached hydrogen (secondary N) is 1. The van der Waals surface area contributed by atoms with Gasteiger partial charge in [-0.05, 0) is 24.8 Å². The van der Waals surface area contributed by atoms with E-state index in [1.54, 1.807) is 0 Å². The molecule has 0 aliphatic heterocycles. The molecule has 0 aliphatic carbocycles. The van der Waals surface area contributed by atoms with Gasteiger partial charge in [-0.25, -0.2) is 0 Å². The van der Waals surface area contributed by atoms with E-state index in [4.69, 9.17) is 0 Å². The van der Waals surface area contributed by atoms with Crippen molar-refractivity contribution in [1.82, 2.24) is 5.32 Å². The third kappa shape index (κ3) is 4.63. The molecule has 0 aliphatic rings. The fourth-order valence-corrected chi connectivity index (χ4v) is 2.48. The van der Waals surface area contributed by atoms with E-state index in [2.05, 4.69) is 56.4 Å².